The van der Waals surface area contributed by atoms with Crippen LogP contribution < -0.4 is 0 Å². The van der Waals surface area contributed by atoms with Gasteiger partial charge in [0.05, 0.1) is 12.1 Å². The Hall–Kier alpha value is -1.85. The van der Waals surface area contributed by atoms with Crippen LogP contribution in [0.25, 0.3) is 0 Å². The van der Waals surface area contributed by atoms with Gasteiger partial charge in [-0.15, -0.1) is 0 Å². The minimum atomic E-state index is -0.987. The third-order valence-electron chi connectivity index (χ3n) is 2.79. The number of aromatic amines is 1. The van der Waals surface area contributed by atoms with E-state index in [2.05, 4.69) is 10.2 Å². The van der Waals surface area contributed by atoms with Gasteiger partial charge < -0.3 is 10.0 Å². The van der Waals surface area contributed by atoms with Crippen LogP contribution in [-0.4, -0.2) is 45.2 Å². The number of nitrogens with one attached hydrogen (secondary N) is 1. The number of aryl methyl sites for hydroxylation is 1. The van der Waals surface area contributed by atoms with Crippen molar-refractivity contribution in [1.82, 2.24) is 15.1 Å². The molecule has 100 valence electrons. The molecule has 0 aliphatic carbocycles. The van der Waals surface area contributed by atoms with Crippen LogP contribution in [0.4, 0.5) is 0 Å². The van der Waals surface area contributed by atoms with Gasteiger partial charge >= 0.3 is 5.97 Å². The standard InChI is InChI=1S/C12H19N3O3/c1-7(2)11(12(17)18)15(4)10(16)6-9-5-8(3)13-14-9/h5,7,11H,6H2,1-4H3,(H,13,14)(H,17,18). The Morgan fingerprint density at radius 2 is 2.11 bits per heavy atom. The summed E-state index contributed by atoms with van der Waals surface area (Å²) in [5.74, 6) is -1.38. The summed E-state index contributed by atoms with van der Waals surface area (Å²) in [6.45, 7) is 5.40. The number of carboxylic acids is 1. The first-order valence-electron chi connectivity index (χ1n) is 5.82. The number of aliphatic carboxylic acids is 1. The highest BCUT2D eigenvalue weighted by atomic mass is 16.4. The summed E-state index contributed by atoms with van der Waals surface area (Å²) in [6.07, 6.45) is 0.108. The summed E-state index contributed by atoms with van der Waals surface area (Å²) in [7, 11) is 1.51. The third kappa shape index (κ3) is 3.32. The number of aromatic nitrogens is 2. The molecule has 0 fully saturated rings. The zero-order valence-corrected chi connectivity index (χ0v) is 11.1. The molecule has 0 aliphatic heterocycles. The molecule has 1 aromatic rings. The van der Waals surface area contributed by atoms with Crippen LogP contribution in [0.1, 0.15) is 25.2 Å². The van der Waals surface area contributed by atoms with Crippen LogP contribution in [0.15, 0.2) is 6.07 Å². The molecule has 0 bridgehead atoms. The highest BCUT2D eigenvalue weighted by Crippen LogP contribution is 2.11. The molecule has 1 heterocycles. The molecule has 2 N–H and O–H groups in total. The topological polar surface area (TPSA) is 86.3 Å². The van der Waals surface area contributed by atoms with Gasteiger partial charge in [-0.05, 0) is 18.9 Å². The van der Waals surface area contributed by atoms with E-state index in [1.165, 1.54) is 11.9 Å². The molecule has 0 saturated carbocycles. The second-order valence-corrected chi connectivity index (χ2v) is 4.75. The fourth-order valence-corrected chi connectivity index (χ4v) is 1.90. The number of carbonyl (C=O) groups is 2. The maximum atomic E-state index is 12.0. The molecule has 1 unspecified atom stereocenters. The summed E-state index contributed by atoms with van der Waals surface area (Å²) in [6, 6.07) is 0.967. The number of nitrogens with zero attached hydrogens (tertiary/aromatic N) is 2. The van der Waals surface area contributed by atoms with E-state index in [0.717, 1.165) is 5.69 Å². The maximum Gasteiger partial charge on any atom is 0.326 e. The van der Waals surface area contributed by atoms with Crippen LogP contribution in [0.3, 0.4) is 0 Å². The Kier molecular flexibility index (Phi) is 4.47. The summed E-state index contributed by atoms with van der Waals surface area (Å²) >= 11 is 0. The monoisotopic (exact) mass is 253 g/mol. The summed E-state index contributed by atoms with van der Waals surface area (Å²) in [4.78, 5) is 24.4. The number of hydrogen-bond acceptors (Lipinski definition) is 3. The maximum absolute atomic E-state index is 12.0. The zero-order chi connectivity index (χ0) is 13.9. The van der Waals surface area contributed by atoms with E-state index < -0.39 is 12.0 Å². The van der Waals surface area contributed by atoms with E-state index in [0.29, 0.717) is 5.69 Å². The molecule has 0 saturated heterocycles. The molecule has 1 aromatic heterocycles. The second kappa shape index (κ2) is 5.66. The van der Waals surface area contributed by atoms with E-state index in [9.17, 15) is 9.59 Å². The highest BCUT2D eigenvalue weighted by molar-refractivity contribution is 5.84. The fourth-order valence-electron chi connectivity index (χ4n) is 1.90. The Labute approximate surface area is 106 Å². The fraction of sp³-hybridized carbons (Fsp3) is 0.583. The van der Waals surface area contributed by atoms with Crippen LogP contribution in [-0.2, 0) is 16.0 Å². The molecule has 0 aliphatic rings. The third-order valence-corrected chi connectivity index (χ3v) is 2.79. The van der Waals surface area contributed by atoms with Crippen molar-refractivity contribution in [1.29, 1.82) is 0 Å². The average molecular weight is 253 g/mol. The van der Waals surface area contributed by atoms with Crippen LogP contribution in [0, 0.1) is 12.8 Å². The number of carbonyl (C=O) groups excluding carboxylic acids is 1. The van der Waals surface area contributed by atoms with E-state index >= 15 is 0 Å². The van der Waals surface area contributed by atoms with E-state index in [1.54, 1.807) is 19.9 Å². The molecule has 1 atom stereocenters. The van der Waals surface area contributed by atoms with Gasteiger partial charge in [-0.2, -0.15) is 5.10 Å². The van der Waals surface area contributed by atoms with Gasteiger partial charge in [0.2, 0.25) is 5.91 Å². The van der Waals surface area contributed by atoms with Gasteiger partial charge in [0.1, 0.15) is 6.04 Å². The van der Waals surface area contributed by atoms with Crippen molar-refractivity contribution >= 4 is 11.9 Å². The molecule has 0 radical (unpaired) electrons. The first kappa shape index (κ1) is 14.2. The van der Waals surface area contributed by atoms with Crippen LogP contribution in [0.2, 0.25) is 0 Å². The first-order chi connectivity index (χ1) is 8.32. The molecule has 0 aromatic carbocycles. The molecule has 6 heteroatoms. The number of rotatable bonds is 5. The van der Waals surface area contributed by atoms with E-state index in [4.69, 9.17) is 5.11 Å². The van der Waals surface area contributed by atoms with Crippen molar-refractivity contribution in [2.75, 3.05) is 7.05 Å². The number of carboxylic acid groups (broad SMARTS) is 1. The summed E-state index contributed by atoms with van der Waals surface area (Å²) < 4.78 is 0. The van der Waals surface area contributed by atoms with Crippen LogP contribution in [0.5, 0.6) is 0 Å². The largest absolute Gasteiger partial charge is 0.480 e. The van der Waals surface area contributed by atoms with E-state index in [-0.39, 0.29) is 18.2 Å². The van der Waals surface area contributed by atoms with Crippen molar-refractivity contribution in [2.24, 2.45) is 5.92 Å². The molecule has 1 rings (SSSR count). The lowest BCUT2D eigenvalue weighted by Crippen LogP contribution is -2.46. The zero-order valence-electron chi connectivity index (χ0n) is 11.1. The number of amides is 1. The van der Waals surface area contributed by atoms with Gasteiger partial charge in [-0.3, -0.25) is 9.89 Å². The molecular formula is C12H19N3O3. The Bertz CT molecular complexity index is 440. The Morgan fingerprint density at radius 1 is 1.50 bits per heavy atom. The lowest BCUT2D eigenvalue weighted by Gasteiger charge is -2.27. The van der Waals surface area contributed by atoms with Gasteiger partial charge in [-0.1, -0.05) is 13.8 Å². The Morgan fingerprint density at radius 3 is 2.50 bits per heavy atom. The molecule has 18 heavy (non-hydrogen) atoms. The molecule has 0 spiro atoms. The predicted octanol–water partition coefficient (Wildman–Crippen LogP) is 0.828. The van der Waals surface area contributed by atoms with Crippen molar-refractivity contribution in [3.05, 3.63) is 17.5 Å². The number of hydrogen-bond donors (Lipinski definition) is 2. The second-order valence-electron chi connectivity index (χ2n) is 4.75. The minimum Gasteiger partial charge on any atom is -0.480 e. The molecule has 6 nitrogen and oxygen atoms in total. The van der Waals surface area contributed by atoms with Gasteiger partial charge in [0.25, 0.3) is 0 Å². The quantitative estimate of drug-likeness (QED) is 0.813. The lowest BCUT2D eigenvalue weighted by molar-refractivity contribution is -0.150. The van der Waals surface area contributed by atoms with Crippen molar-refractivity contribution < 1.29 is 14.7 Å². The Balaban J connectivity index is 2.73. The van der Waals surface area contributed by atoms with Gasteiger partial charge in [-0.25, -0.2) is 4.79 Å². The van der Waals surface area contributed by atoms with Crippen LogP contribution >= 0.6 is 0 Å². The molecule has 1 amide bonds. The smallest absolute Gasteiger partial charge is 0.326 e. The highest BCUT2D eigenvalue weighted by Gasteiger charge is 2.29. The molecular weight excluding hydrogens is 234 g/mol. The van der Waals surface area contributed by atoms with Crippen molar-refractivity contribution in [3.63, 3.8) is 0 Å². The minimum absolute atomic E-state index is 0.108. The predicted molar refractivity (Wildman–Crippen MR) is 66.1 cm³/mol. The van der Waals surface area contributed by atoms with Crippen molar-refractivity contribution in [2.45, 2.75) is 33.2 Å². The van der Waals surface area contributed by atoms with Gasteiger partial charge in [0, 0.05) is 12.7 Å². The summed E-state index contributed by atoms with van der Waals surface area (Å²) in [5.41, 5.74) is 1.50. The van der Waals surface area contributed by atoms with Crippen molar-refractivity contribution in [3.8, 4) is 0 Å². The average Bonchev–Trinajstić information content (AvgIpc) is 2.62. The van der Waals surface area contributed by atoms with E-state index in [1.807, 2.05) is 6.92 Å². The summed E-state index contributed by atoms with van der Waals surface area (Å²) in [5, 5.41) is 15.8. The number of H-pyrrole nitrogens is 1. The first-order valence-corrected chi connectivity index (χ1v) is 5.82. The SMILES string of the molecule is Cc1cc(CC(=O)N(C)C(C(=O)O)C(C)C)n[nH]1. The number of likely N-dealkylation sites (N-methyl/N-ethyl adjacent to an activating group) is 1. The lowest BCUT2D eigenvalue weighted by atomic mass is 10.0. The van der Waals surface area contributed by atoms with Gasteiger partial charge in [0.15, 0.2) is 0 Å². The normalized spacial score (nSPS) is 12.5.